The van der Waals surface area contributed by atoms with E-state index in [-0.39, 0.29) is 11.6 Å². The van der Waals surface area contributed by atoms with Crippen molar-refractivity contribution in [3.63, 3.8) is 0 Å². The van der Waals surface area contributed by atoms with Crippen LogP contribution in [0.3, 0.4) is 0 Å². The van der Waals surface area contributed by atoms with Gasteiger partial charge in [0.15, 0.2) is 0 Å². The Hall–Kier alpha value is -0.950. The second-order valence-electron chi connectivity index (χ2n) is 3.43. The fourth-order valence-electron chi connectivity index (χ4n) is 0.878. The van der Waals surface area contributed by atoms with Crippen LogP contribution in [0.2, 0.25) is 0 Å². The summed E-state index contributed by atoms with van der Waals surface area (Å²) in [7, 11) is -3.52. The quantitative estimate of drug-likeness (QED) is 0.864. The smallest absolute Gasteiger partial charge is 0.266 e. The van der Waals surface area contributed by atoms with Crippen molar-refractivity contribution in [1.29, 1.82) is 0 Å². The maximum Gasteiger partial charge on any atom is 0.284 e. The third-order valence-corrected chi connectivity index (χ3v) is 3.23. The second kappa shape index (κ2) is 4.28. The highest BCUT2D eigenvalue weighted by Gasteiger charge is 2.15. The van der Waals surface area contributed by atoms with Gasteiger partial charge in [-0.2, -0.15) is 0 Å². The van der Waals surface area contributed by atoms with Crippen molar-refractivity contribution in [2.24, 2.45) is 0 Å². The van der Waals surface area contributed by atoms with Gasteiger partial charge in [0, 0.05) is 11.3 Å². The molecule has 0 aliphatic heterocycles. The lowest BCUT2D eigenvalue weighted by Gasteiger charge is -1.99. The van der Waals surface area contributed by atoms with Crippen molar-refractivity contribution < 1.29 is 13.2 Å². The first kappa shape index (κ1) is 12.1. The van der Waals surface area contributed by atoms with Crippen LogP contribution in [-0.4, -0.2) is 25.6 Å². The van der Waals surface area contributed by atoms with Crippen LogP contribution in [-0.2, 0) is 10.0 Å². The molecule has 0 aliphatic rings. The Balaban J connectivity index is 2.84. The Labute approximate surface area is 92.6 Å². The summed E-state index contributed by atoms with van der Waals surface area (Å²) in [6.07, 6.45) is 0.931. The minimum atomic E-state index is -3.52. The molecule has 15 heavy (non-hydrogen) atoms. The van der Waals surface area contributed by atoms with Crippen LogP contribution in [0.15, 0.2) is 5.38 Å². The van der Waals surface area contributed by atoms with Gasteiger partial charge in [0.1, 0.15) is 5.69 Å². The van der Waals surface area contributed by atoms with E-state index < -0.39 is 15.9 Å². The van der Waals surface area contributed by atoms with Crippen LogP contribution >= 0.6 is 11.3 Å². The zero-order valence-electron chi connectivity index (χ0n) is 8.64. The van der Waals surface area contributed by atoms with E-state index in [1.54, 1.807) is 5.38 Å². The van der Waals surface area contributed by atoms with Gasteiger partial charge in [-0.05, 0) is 0 Å². The number of aromatic nitrogens is 1. The first-order valence-corrected chi connectivity index (χ1v) is 7.04. The van der Waals surface area contributed by atoms with Gasteiger partial charge in [-0.15, -0.1) is 11.3 Å². The molecule has 84 valence electrons. The van der Waals surface area contributed by atoms with Crippen LogP contribution < -0.4 is 4.72 Å². The third kappa shape index (κ3) is 3.60. The van der Waals surface area contributed by atoms with E-state index in [0.717, 1.165) is 11.3 Å². The topological polar surface area (TPSA) is 76.1 Å². The highest BCUT2D eigenvalue weighted by atomic mass is 32.2. The number of thiazole rings is 1. The van der Waals surface area contributed by atoms with Crippen molar-refractivity contribution in [3.8, 4) is 0 Å². The van der Waals surface area contributed by atoms with Crippen molar-refractivity contribution in [2.45, 2.75) is 19.8 Å². The molecule has 0 saturated heterocycles. The number of carbonyl (C=O) groups excluding carboxylic acids is 1. The zero-order chi connectivity index (χ0) is 11.6. The molecule has 0 radical (unpaired) electrons. The Morgan fingerprint density at radius 3 is 2.53 bits per heavy atom. The summed E-state index contributed by atoms with van der Waals surface area (Å²) in [4.78, 5) is 15.4. The number of hydrogen-bond donors (Lipinski definition) is 1. The van der Waals surface area contributed by atoms with E-state index >= 15 is 0 Å². The number of nitrogens with one attached hydrogen (secondary N) is 1. The Bertz CT molecular complexity index is 462. The van der Waals surface area contributed by atoms with Gasteiger partial charge >= 0.3 is 0 Å². The van der Waals surface area contributed by atoms with E-state index in [1.165, 1.54) is 11.3 Å². The monoisotopic (exact) mass is 248 g/mol. The summed E-state index contributed by atoms with van der Waals surface area (Å²) >= 11 is 1.35. The molecule has 0 saturated carbocycles. The van der Waals surface area contributed by atoms with Crippen LogP contribution in [0.4, 0.5) is 0 Å². The lowest BCUT2D eigenvalue weighted by atomic mass is 10.2. The molecule has 1 amide bonds. The molecular formula is C8H12N2O3S2. The van der Waals surface area contributed by atoms with Crippen molar-refractivity contribution >= 4 is 27.3 Å². The normalized spacial score (nSPS) is 11.7. The molecule has 1 heterocycles. The zero-order valence-corrected chi connectivity index (χ0v) is 10.3. The number of nitrogens with zero attached hydrogens (tertiary/aromatic N) is 1. The van der Waals surface area contributed by atoms with E-state index in [4.69, 9.17) is 0 Å². The Morgan fingerprint density at radius 1 is 1.53 bits per heavy atom. The maximum absolute atomic E-state index is 11.4. The van der Waals surface area contributed by atoms with Gasteiger partial charge in [-0.1, -0.05) is 13.8 Å². The van der Waals surface area contributed by atoms with Crippen LogP contribution in [0.5, 0.6) is 0 Å². The number of amides is 1. The van der Waals surface area contributed by atoms with Crippen molar-refractivity contribution in [3.05, 3.63) is 16.1 Å². The maximum atomic E-state index is 11.4. The fourth-order valence-corrected chi connectivity index (χ4v) is 2.13. The predicted octanol–water partition coefficient (Wildman–Crippen LogP) is 0.956. The SMILES string of the molecule is CC(C)c1nc(C(=O)NS(C)(=O)=O)cs1. The number of carbonyl (C=O) groups is 1. The van der Waals surface area contributed by atoms with Gasteiger partial charge < -0.3 is 0 Å². The molecule has 1 N–H and O–H groups in total. The molecule has 0 aromatic carbocycles. The molecule has 0 aliphatic carbocycles. The second-order valence-corrected chi connectivity index (χ2v) is 6.07. The molecule has 1 aromatic heterocycles. The fraction of sp³-hybridized carbons (Fsp3) is 0.500. The molecule has 0 bridgehead atoms. The molecular weight excluding hydrogens is 236 g/mol. The minimum Gasteiger partial charge on any atom is -0.266 e. The summed E-state index contributed by atoms with van der Waals surface area (Å²) in [5.41, 5.74) is 0.147. The van der Waals surface area contributed by atoms with Crippen LogP contribution in [0.1, 0.15) is 35.3 Å². The first-order chi connectivity index (χ1) is 6.79. The largest absolute Gasteiger partial charge is 0.284 e. The number of sulfonamides is 1. The molecule has 5 nitrogen and oxygen atoms in total. The molecule has 7 heteroatoms. The number of rotatable bonds is 3. The molecule has 0 spiro atoms. The van der Waals surface area contributed by atoms with Crippen LogP contribution in [0, 0.1) is 0 Å². The third-order valence-electron chi connectivity index (χ3n) is 1.53. The summed E-state index contributed by atoms with van der Waals surface area (Å²) in [5, 5.41) is 2.37. The average Bonchev–Trinajstić information content (AvgIpc) is 2.47. The Morgan fingerprint density at radius 2 is 2.13 bits per heavy atom. The van der Waals surface area contributed by atoms with Gasteiger partial charge in [0.05, 0.1) is 11.3 Å². The summed E-state index contributed by atoms with van der Waals surface area (Å²) in [6, 6.07) is 0. The van der Waals surface area contributed by atoms with Crippen molar-refractivity contribution in [1.82, 2.24) is 9.71 Å². The highest BCUT2D eigenvalue weighted by Crippen LogP contribution is 2.18. The summed E-state index contributed by atoms with van der Waals surface area (Å²) in [5.74, 6) is -0.449. The number of hydrogen-bond acceptors (Lipinski definition) is 5. The molecule has 1 rings (SSSR count). The van der Waals surface area contributed by atoms with E-state index in [2.05, 4.69) is 4.98 Å². The van der Waals surface area contributed by atoms with Crippen molar-refractivity contribution in [2.75, 3.05) is 6.26 Å². The lowest BCUT2D eigenvalue weighted by molar-refractivity contribution is 0.0977. The van der Waals surface area contributed by atoms with Gasteiger partial charge in [-0.3, -0.25) is 4.79 Å². The standard InChI is InChI=1S/C8H12N2O3S2/c1-5(2)8-9-6(4-14-8)7(11)10-15(3,12)13/h4-5H,1-3H3,(H,10,11). The van der Waals surface area contributed by atoms with Gasteiger partial charge in [0.25, 0.3) is 5.91 Å². The van der Waals surface area contributed by atoms with E-state index in [9.17, 15) is 13.2 Å². The highest BCUT2D eigenvalue weighted by molar-refractivity contribution is 7.89. The van der Waals surface area contributed by atoms with Gasteiger partial charge in [-0.25, -0.2) is 18.1 Å². The molecule has 0 fully saturated rings. The summed E-state index contributed by atoms with van der Waals surface area (Å²) in [6.45, 7) is 3.91. The minimum absolute atomic E-state index is 0.147. The summed E-state index contributed by atoms with van der Waals surface area (Å²) < 4.78 is 23.5. The first-order valence-electron chi connectivity index (χ1n) is 4.27. The lowest BCUT2D eigenvalue weighted by Crippen LogP contribution is -2.29. The molecule has 0 atom stereocenters. The van der Waals surface area contributed by atoms with Crippen LogP contribution in [0.25, 0.3) is 0 Å². The van der Waals surface area contributed by atoms with E-state index in [0.29, 0.717) is 0 Å². The predicted molar refractivity (Wildman–Crippen MR) is 58.5 cm³/mol. The Kier molecular flexibility index (Phi) is 3.46. The average molecular weight is 248 g/mol. The van der Waals surface area contributed by atoms with Gasteiger partial charge in [0.2, 0.25) is 10.0 Å². The molecule has 1 aromatic rings. The molecule has 0 unspecified atom stereocenters. The van der Waals surface area contributed by atoms with E-state index in [1.807, 2.05) is 18.6 Å².